The molecule has 1 fully saturated rings. The lowest BCUT2D eigenvalue weighted by Gasteiger charge is -2.40. The molecule has 0 bridgehead atoms. The van der Waals surface area contributed by atoms with Gasteiger partial charge in [-0.3, -0.25) is 14.4 Å². The monoisotopic (exact) mass is 404 g/mol. The van der Waals surface area contributed by atoms with Gasteiger partial charge in [-0.15, -0.1) is 0 Å². The maximum absolute atomic E-state index is 14.5. The van der Waals surface area contributed by atoms with Crippen LogP contribution in [-0.4, -0.2) is 49.2 Å². The lowest BCUT2D eigenvalue weighted by Crippen LogP contribution is -2.58. The minimum absolute atomic E-state index is 0.325. The first-order valence-corrected chi connectivity index (χ1v) is 9.33. The van der Waals surface area contributed by atoms with E-state index < -0.39 is 58.8 Å². The average molecular weight is 404 g/mol. The van der Waals surface area contributed by atoms with Crippen molar-refractivity contribution in [2.45, 2.75) is 87.0 Å². The molecule has 0 aromatic carbocycles. The van der Waals surface area contributed by atoms with E-state index in [9.17, 15) is 18.8 Å². The van der Waals surface area contributed by atoms with Crippen LogP contribution < -0.4 is 0 Å². The number of hydrogen-bond acceptors (Lipinski definition) is 7. The molecule has 1 heterocycles. The third kappa shape index (κ3) is 6.43. The van der Waals surface area contributed by atoms with E-state index in [0.29, 0.717) is 0 Å². The highest BCUT2D eigenvalue weighted by Crippen LogP contribution is 2.30. The molecule has 0 amide bonds. The second-order valence-electron chi connectivity index (χ2n) is 10.1. The summed E-state index contributed by atoms with van der Waals surface area (Å²) in [5, 5.41) is 0. The molecule has 0 aromatic rings. The van der Waals surface area contributed by atoms with Crippen LogP contribution >= 0.6 is 0 Å². The van der Waals surface area contributed by atoms with Gasteiger partial charge >= 0.3 is 17.9 Å². The fraction of sp³-hybridized carbons (Fsp3) is 0.850. The Hall–Kier alpha value is -1.70. The Kier molecular flexibility index (Phi) is 7.26. The van der Waals surface area contributed by atoms with Crippen LogP contribution in [0.25, 0.3) is 0 Å². The summed E-state index contributed by atoms with van der Waals surface area (Å²) < 4.78 is 35.7. The Morgan fingerprint density at radius 2 is 1.07 bits per heavy atom. The number of ether oxygens (including phenoxy) is 4. The van der Waals surface area contributed by atoms with Gasteiger partial charge in [0.2, 0.25) is 6.36 Å². The minimum Gasteiger partial charge on any atom is -0.455 e. The molecule has 0 N–H and O–H groups in total. The summed E-state index contributed by atoms with van der Waals surface area (Å²) in [6.45, 7) is 14.4. The molecule has 8 heteroatoms. The fourth-order valence-corrected chi connectivity index (χ4v) is 2.02. The number of hydrogen-bond donors (Lipinski definition) is 0. The third-order valence-corrected chi connectivity index (χ3v) is 3.95. The van der Waals surface area contributed by atoms with E-state index in [4.69, 9.17) is 18.9 Å². The van der Waals surface area contributed by atoms with Crippen molar-refractivity contribution in [3.05, 3.63) is 0 Å². The van der Waals surface area contributed by atoms with Crippen LogP contribution in [0.3, 0.4) is 0 Å². The number of carbonyl (C=O) groups excluding carboxylic acids is 3. The fourth-order valence-electron chi connectivity index (χ4n) is 2.02. The third-order valence-electron chi connectivity index (χ3n) is 3.95. The summed E-state index contributed by atoms with van der Waals surface area (Å²) in [6, 6.07) is 0. The van der Waals surface area contributed by atoms with Crippen LogP contribution in [0.2, 0.25) is 0 Å². The van der Waals surface area contributed by atoms with Crippen molar-refractivity contribution in [3.63, 3.8) is 0 Å². The van der Waals surface area contributed by atoms with Crippen LogP contribution in [0.4, 0.5) is 4.39 Å². The van der Waals surface area contributed by atoms with Gasteiger partial charge in [0, 0.05) is 0 Å². The Morgan fingerprint density at radius 1 is 0.714 bits per heavy atom. The number of halogens is 1. The van der Waals surface area contributed by atoms with Gasteiger partial charge in [0.05, 0.1) is 22.9 Å². The van der Waals surface area contributed by atoms with Gasteiger partial charge in [-0.1, -0.05) is 0 Å². The lowest BCUT2D eigenvalue weighted by atomic mass is 9.95. The van der Waals surface area contributed by atoms with Crippen molar-refractivity contribution in [3.8, 4) is 0 Å². The zero-order chi connectivity index (χ0) is 22.1. The SMILES string of the molecule is CC(C)(C)C(=O)O[C@@H]1[C@@H](OC(=O)C(C)(C)C)[C@@H](F)OC[C@@H]1OC(=O)C(C)(C)C. The Morgan fingerprint density at radius 3 is 1.46 bits per heavy atom. The van der Waals surface area contributed by atoms with Gasteiger partial charge in [-0.2, -0.15) is 0 Å². The van der Waals surface area contributed by atoms with Gasteiger partial charge in [0.15, 0.2) is 18.3 Å². The summed E-state index contributed by atoms with van der Waals surface area (Å²) in [4.78, 5) is 37.0. The van der Waals surface area contributed by atoms with Crippen LogP contribution in [0.15, 0.2) is 0 Å². The number of carbonyl (C=O) groups is 3. The first-order chi connectivity index (χ1) is 12.4. The van der Waals surface area contributed by atoms with Crippen LogP contribution in [0.5, 0.6) is 0 Å². The predicted octanol–water partition coefficient (Wildman–Crippen LogP) is 3.19. The quantitative estimate of drug-likeness (QED) is 0.527. The second-order valence-corrected chi connectivity index (χ2v) is 10.1. The van der Waals surface area contributed by atoms with E-state index in [-0.39, 0.29) is 6.61 Å². The van der Waals surface area contributed by atoms with E-state index in [1.807, 2.05) is 0 Å². The molecule has 162 valence electrons. The molecule has 4 atom stereocenters. The molecule has 0 radical (unpaired) electrons. The predicted molar refractivity (Wildman–Crippen MR) is 98.9 cm³/mol. The molecular weight excluding hydrogens is 371 g/mol. The zero-order valence-corrected chi connectivity index (χ0v) is 18.3. The molecule has 1 saturated heterocycles. The summed E-state index contributed by atoms with van der Waals surface area (Å²) in [7, 11) is 0. The smallest absolute Gasteiger partial charge is 0.311 e. The van der Waals surface area contributed by atoms with Gasteiger partial charge in [0.1, 0.15) is 0 Å². The minimum atomic E-state index is -2.02. The van der Waals surface area contributed by atoms with Crippen molar-refractivity contribution < 1.29 is 37.7 Å². The van der Waals surface area contributed by atoms with E-state index in [1.54, 1.807) is 62.3 Å². The normalized spacial score (nSPS) is 26.4. The Labute approximate surface area is 166 Å². The highest BCUT2D eigenvalue weighted by atomic mass is 19.1. The maximum atomic E-state index is 14.5. The van der Waals surface area contributed by atoms with Gasteiger partial charge in [-0.05, 0) is 62.3 Å². The van der Waals surface area contributed by atoms with Gasteiger partial charge < -0.3 is 18.9 Å². The van der Waals surface area contributed by atoms with Crippen molar-refractivity contribution in [1.82, 2.24) is 0 Å². The summed E-state index contributed by atoms with van der Waals surface area (Å²) in [5.41, 5.74) is -2.63. The van der Waals surface area contributed by atoms with Crippen molar-refractivity contribution in [2.24, 2.45) is 16.2 Å². The van der Waals surface area contributed by atoms with Crippen LogP contribution in [0, 0.1) is 16.2 Å². The second kappa shape index (κ2) is 8.35. The molecule has 28 heavy (non-hydrogen) atoms. The largest absolute Gasteiger partial charge is 0.455 e. The summed E-state index contributed by atoms with van der Waals surface area (Å²) in [5.74, 6) is -1.90. The summed E-state index contributed by atoms with van der Waals surface area (Å²) >= 11 is 0. The Bertz CT molecular complexity index is 595. The number of esters is 3. The Balaban J connectivity index is 3.18. The van der Waals surface area contributed by atoms with E-state index in [1.165, 1.54) is 0 Å². The lowest BCUT2D eigenvalue weighted by molar-refractivity contribution is -0.255. The van der Waals surface area contributed by atoms with E-state index in [2.05, 4.69) is 0 Å². The first kappa shape index (κ1) is 24.3. The molecule has 0 spiro atoms. The molecule has 1 aliphatic rings. The molecule has 7 nitrogen and oxygen atoms in total. The molecular formula is C20H33FO7. The van der Waals surface area contributed by atoms with Crippen LogP contribution in [0.1, 0.15) is 62.3 Å². The maximum Gasteiger partial charge on any atom is 0.311 e. The molecule has 0 saturated carbocycles. The van der Waals surface area contributed by atoms with Crippen LogP contribution in [-0.2, 0) is 33.3 Å². The van der Waals surface area contributed by atoms with Crippen molar-refractivity contribution in [1.29, 1.82) is 0 Å². The molecule has 1 rings (SSSR count). The first-order valence-electron chi connectivity index (χ1n) is 9.33. The van der Waals surface area contributed by atoms with E-state index >= 15 is 0 Å². The summed E-state index contributed by atoms with van der Waals surface area (Å²) in [6.07, 6.45) is -6.01. The van der Waals surface area contributed by atoms with Gasteiger partial charge in [-0.25, -0.2) is 4.39 Å². The molecule has 0 aromatic heterocycles. The average Bonchev–Trinajstić information content (AvgIpc) is 2.49. The zero-order valence-electron chi connectivity index (χ0n) is 18.3. The van der Waals surface area contributed by atoms with E-state index in [0.717, 1.165) is 0 Å². The standard InChI is InChI=1S/C20H33FO7/c1-18(2,3)15(22)26-11-10-25-14(21)13(28-17(24)20(7,8)9)12(11)27-16(23)19(4,5)6/h11-14H,10H2,1-9H3/t11-,12-,13+,14-/m0/s1. The number of alkyl halides is 1. The van der Waals surface area contributed by atoms with Crippen molar-refractivity contribution in [2.75, 3.05) is 6.61 Å². The molecule has 0 aliphatic carbocycles. The number of rotatable bonds is 3. The highest BCUT2D eigenvalue weighted by Gasteiger charge is 2.50. The topological polar surface area (TPSA) is 88.1 Å². The molecule has 0 unspecified atom stereocenters. The molecule has 1 aliphatic heterocycles. The van der Waals surface area contributed by atoms with Crippen molar-refractivity contribution >= 4 is 17.9 Å². The van der Waals surface area contributed by atoms with Gasteiger partial charge in [0.25, 0.3) is 0 Å². The highest BCUT2D eigenvalue weighted by molar-refractivity contribution is 5.77.